The molecule has 1 aliphatic rings. The van der Waals surface area contributed by atoms with Crippen molar-refractivity contribution < 1.29 is 14.3 Å². The highest BCUT2D eigenvalue weighted by atomic mass is 35.5. The van der Waals surface area contributed by atoms with E-state index in [1.165, 1.54) is 16.0 Å². The molecule has 2 aromatic heterocycles. The topological polar surface area (TPSA) is 73.2 Å². The van der Waals surface area contributed by atoms with Crippen molar-refractivity contribution in [1.82, 2.24) is 9.78 Å². The van der Waals surface area contributed by atoms with Gasteiger partial charge >= 0.3 is 5.97 Å². The number of fused-ring (bicyclic) bond motifs is 1. The van der Waals surface area contributed by atoms with Gasteiger partial charge in [-0.1, -0.05) is 18.5 Å². The molecule has 0 atom stereocenters. The van der Waals surface area contributed by atoms with Gasteiger partial charge in [0.05, 0.1) is 17.2 Å². The van der Waals surface area contributed by atoms with Crippen molar-refractivity contribution in [2.75, 3.05) is 11.9 Å². The standard InChI is InChI=1S/C17H20ClN3O3S/c1-3-8-24-17(23)13-10-6-4-5-7-12(10)25-16(13)19-15(22)14-11(18)9-21(2)20-14/h9H,3-8H2,1-2H3,(H,19,22). The second-order valence-electron chi connectivity index (χ2n) is 6.00. The molecule has 1 amide bonds. The molecular weight excluding hydrogens is 362 g/mol. The molecule has 8 heteroatoms. The highest BCUT2D eigenvalue weighted by Gasteiger charge is 2.28. The summed E-state index contributed by atoms with van der Waals surface area (Å²) in [5, 5.41) is 7.69. The van der Waals surface area contributed by atoms with Crippen LogP contribution in [0.3, 0.4) is 0 Å². The van der Waals surface area contributed by atoms with Gasteiger partial charge in [-0.15, -0.1) is 11.3 Å². The Kier molecular flexibility index (Phi) is 5.44. The first-order valence-corrected chi connectivity index (χ1v) is 9.52. The molecule has 6 nitrogen and oxygen atoms in total. The molecule has 1 aliphatic carbocycles. The Morgan fingerprint density at radius 3 is 2.84 bits per heavy atom. The van der Waals surface area contributed by atoms with Gasteiger partial charge in [0.2, 0.25) is 0 Å². The molecule has 0 bridgehead atoms. The Morgan fingerprint density at radius 1 is 1.40 bits per heavy atom. The minimum Gasteiger partial charge on any atom is -0.462 e. The van der Waals surface area contributed by atoms with E-state index in [1.54, 1.807) is 13.2 Å². The van der Waals surface area contributed by atoms with E-state index in [0.29, 0.717) is 17.2 Å². The van der Waals surface area contributed by atoms with Crippen LogP contribution in [0.4, 0.5) is 5.00 Å². The Bertz CT molecular complexity index is 812. The summed E-state index contributed by atoms with van der Waals surface area (Å²) in [6.07, 6.45) is 6.21. The molecule has 0 aliphatic heterocycles. The monoisotopic (exact) mass is 381 g/mol. The molecule has 0 unspecified atom stereocenters. The number of anilines is 1. The summed E-state index contributed by atoms with van der Waals surface area (Å²) in [7, 11) is 1.69. The third-order valence-corrected chi connectivity index (χ3v) is 5.52. The molecule has 134 valence electrons. The third kappa shape index (κ3) is 3.72. The van der Waals surface area contributed by atoms with Gasteiger partial charge in [-0.05, 0) is 37.7 Å². The first-order chi connectivity index (χ1) is 12.0. The number of carbonyl (C=O) groups is 2. The van der Waals surface area contributed by atoms with Crippen LogP contribution in [-0.4, -0.2) is 28.3 Å². The van der Waals surface area contributed by atoms with Crippen molar-refractivity contribution >= 4 is 39.8 Å². The summed E-state index contributed by atoms with van der Waals surface area (Å²) in [4.78, 5) is 26.2. The Balaban J connectivity index is 1.92. The summed E-state index contributed by atoms with van der Waals surface area (Å²) in [6.45, 7) is 2.31. The first-order valence-electron chi connectivity index (χ1n) is 8.33. The highest BCUT2D eigenvalue weighted by Crippen LogP contribution is 2.39. The normalized spacial score (nSPS) is 13.4. The highest BCUT2D eigenvalue weighted by molar-refractivity contribution is 7.17. The second-order valence-corrected chi connectivity index (χ2v) is 7.52. The van der Waals surface area contributed by atoms with Crippen LogP contribution in [0.15, 0.2) is 6.20 Å². The number of aryl methyl sites for hydroxylation is 2. The molecule has 0 saturated carbocycles. The van der Waals surface area contributed by atoms with Gasteiger partial charge in [0.1, 0.15) is 5.00 Å². The van der Waals surface area contributed by atoms with Crippen molar-refractivity contribution in [3.05, 3.63) is 32.9 Å². The molecule has 0 saturated heterocycles. The summed E-state index contributed by atoms with van der Waals surface area (Å²) in [5.41, 5.74) is 1.65. The molecule has 3 rings (SSSR count). The molecule has 1 N–H and O–H groups in total. The van der Waals surface area contributed by atoms with E-state index in [4.69, 9.17) is 16.3 Å². The third-order valence-electron chi connectivity index (χ3n) is 4.04. The van der Waals surface area contributed by atoms with E-state index in [1.807, 2.05) is 6.92 Å². The lowest BCUT2D eigenvalue weighted by Crippen LogP contribution is -2.17. The lowest BCUT2D eigenvalue weighted by atomic mass is 9.95. The summed E-state index contributed by atoms with van der Waals surface area (Å²) in [6, 6.07) is 0. The lowest BCUT2D eigenvalue weighted by molar-refractivity contribution is 0.0505. The number of nitrogens with zero attached hydrogens (tertiary/aromatic N) is 2. The quantitative estimate of drug-likeness (QED) is 0.799. The van der Waals surface area contributed by atoms with E-state index in [9.17, 15) is 9.59 Å². The number of esters is 1. The fourth-order valence-corrected chi connectivity index (χ4v) is 4.45. The molecule has 0 fully saturated rings. The van der Waals surface area contributed by atoms with E-state index in [2.05, 4.69) is 10.4 Å². The summed E-state index contributed by atoms with van der Waals surface area (Å²) in [5.74, 6) is -0.794. The zero-order valence-electron chi connectivity index (χ0n) is 14.2. The van der Waals surface area contributed by atoms with Crippen LogP contribution in [0.25, 0.3) is 0 Å². The fraction of sp³-hybridized carbons (Fsp3) is 0.471. The predicted molar refractivity (Wildman–Crippen MR) is 97.7 cm³/mol. The van der Waals surface area contributed by atoms with Crippen molar-refractivity contribution in [1.29, 1.82) is 0 Å². The largest absolute Gasteiger partial charge is 0.462 e. The van der Waals surface area contributed by atoms with Gasteiger partial charge in [0, 0.05) is 18.1 Å². The molecule has 2 heterocycles. The van der Waals surface area contributed by atoms with Gasteiger partial charge in [0.15, 0.2) is 5.69 Å². The van der Waals surface area contributed by atoms with Gasteiger partial charge in [0.25, 0.3) is 5.91 Å². The molecule has 0 aromatic carbocycles. The smallest absolute Gasteiger partial charge is 0.341 e. The number of nitrogens with one attached hydrogen (secondary N) is 1. The Morgan fingerprint density at radius 2 is 2.16 bits per heavy atom. The second kappa shape index (κ2) is 7.58. The van der Waals surface area contributed by atoms with Crippen molar-refractivity contribution in [2.45, 2.75) is 39.0 Å². The average Bonchev–Trinajstić information content (AvgIpc) is 3.11. The number of ether oxygens (including phenoxy) is 1. The van der Waals surface area contributed by atoms with Crippen molar-refractivity contribution in [3.63, 3.8) is 0 Å². The van der Waals surface area contributed by atoms with Crippen LogP contribution in [-0.2, 0) is 24.6 Å². The molecule has 2 aromatic rings. The maximum Gasteiger partial charge on any atom is 0.341 e. The number of rotatable bonds is 5. The van der Waals surface area contributed by atoms with Crippen LogP contribution >= 0.6 is 22.9 Å². The minimum absolute atomic E-state index is 0.142. The number of carbonyl (C=O) groups excluding carboxylic acids is 2. The maximum atomic E-state index is 12.5. The zero-order valence-corrected chi connectivity index (χ0v) is 15.8. The molecule has 0 radical (unpaired) electrons. The Hall–Kier alpha value is -1.86. The number of aromatic nitrogens is 2. The average molecular weight is 382 g/mol. The minimum atomic E-state index is -0.422. The number of hydrogen-bond donors (Lipinski definition) is 1. The SMILES string of the molecule is CCCOC(=O)c1c(NC(=O)c2nn(C)cc2Cl)sc2c1CCCC2. The predicted octanol–water partition coefficient (Wildman–Crippen LogP) is 3.83. The van der Waals surface area contributed by atoms with E-state index in [-0.39, 0.29) is 16.7 Å². The van der Waals surface area contributed by atoms with Gasteiger partial charge in [-0.25, -0.2) is 4.79 Å². The van der Waals surface area contributed by atoms with Crippen molar-refractivity contribution in [3.8, 4) is 0 Å². The van der Waals surface area contributed by atoms with E-state index < -0.39 is 5.91 Å². The zero-order chi connectivity index (χ0) is 18.0. The van der Waals surface area contributed by atoms with Crippen LogP contribution < -0.4 is 5.32 Å². The lowest BCUT2D eigenvalue weighted by Gasteiger charge is -2.12. The van der Waals surface area contributed by atoms with Crippen molar-refractivity contribution in [2.24, 2.45) is 7.05 Å². The van der Waals surface area contributed by atoms with E-state index in [0.717, 1.165) is 42.5 Å². The number of halogens is 1. The molecular formula is C17H20ClN3O3S. The maximum absolute atomic E-state index is 12.5. The van der Waals surface area contributed by atoms with E-state index >= 15 is 0 Å². The summed E-state index contributed by atoms with van der Waals surface area (Å²) >= 11 is 7.49. The van der Waals surface area contributed by atoms with Crippen LogP contribution in [0.1, 0.15) is 57.5 Å². The van der Waals surface area contributed by atoms with Gasteiger partial charge in [-0.2, -0.15) is 5.10 Å². The van der Waals surface area contributed by atoms with Crippen LogP contribution in [0, 0.1) is 0 Å². The van der Waals surface area contributed by atoms with Crippen LogP contribution in [0.2, 0.25) is 5.02 Å². The van der Waals surface area contributed by atoms with Gasteiger partial charge in [-0.3, -0.25) is 9.48 Å². The molecule has 0 spiro atoms. The van der Waals surface area contributed by atoms with Gasteiger partial charge < -0.3 is 10.1 Å². The number of amides is 1. The number of thiophene rings is 1. The summed E-state index contributed by atoms with van der Waals surface area (Å²) < 4.78 is 6.81. The molecule has 25 heavy (non-hydrogen) atoms. The van der Waals surface area contributed by atoms with Crippen LogP contribution in [0.5, 0.6) is 0 Å². The Labute approximate surface area is 155 Å². The fourth-order valence-electron chi connectivity index (χ4n) is 2.91. The number of hydrogen-bond acceptors (Lipinski definition) is 5. The first kappa shape index (κ1) is 17.9.